The molecule has 0 saturated heterocycles. The van der Waals surface area contributed by atoms with Crippen LogP contribution in [0.4, 0.5) is 5.69 Å². The Morgan fingerprint density at radius 3 is 2.50 bits per heavy atom. The lowest BCUT2D eigenvalue weighted by Crippen LogP contribution is -2.24. The monoisotopic (exact) mass is 467 g/mol. The zero-order valence-corrected chi connectivity index (χ0v) is 19.2. The van der Waals surface area contributed by atoms with Gasteiger partial charge in [-0.1, -0.05) is 42.1 Å². The van der Waals surface area contributed by atoms with Crippen LogP contribution in [0.5, 0.6) is 11.5 Å². The highest BCUT2D eigenvalue weighted by atomic mass is 32.2. The second kappa shape index (κ2) is 9.88. The first-order chi connectivity index (χ1) is 15.6. The number of hydrogen-bond donors (Lipinski definition) is 1. The topological polar surface area (TPSA) is 82.5 Å². The van der Waals surface area contributed by atoms with Crippen molar-refractivity contribution in [1.29, 1.82) is 0 Å². The molecule has 0 fully saturated rings. The highest BCUT2D eigenvalue weighted by molar-refractivity contribution is 7.99. The van der Waals surface area contributed by atoms with Gasteiger partial charge in [0.2, 0.25) is 5.91 Å². The predicted molar refractivity (Wildman–Crippen MR) is 128 cm³/mol. The van der Waals surface area contributed by atoms with Crippen molar-refractivity contribution in [2.45, 2.75) is 11.7 Å². The number of aromatic nitrogens is 2. The van der Waals surface area contributed by atoms with Gasteiger partial charge in [0.25, 0.3) is 5.56 Å². The van der Waals surface area contributed by atoms with Crippen LogP contribution in [0.15, 0.2) is 69.9 Å². The molecule has 0 aliphatic rings. The quantitative estimate of drug-likeness (QED) is 0.308. The van der Waals surface area contributed by atoms with E-state index in [0.29, 0.717) is 39.1 Å². The minimum Gasteiger partial charge on any atom is -0.497 e. The van der Waals surface area contributed by atoms with Gasteiger partial charge in [0, 0.05) is 23.9 Å². The molecule has 0 radical (unpaired) electrons. The molecule has 9 heteroatoms. The maximum Gasteiger partial charge on any atom is 0.272 e. The first kappa shape index (κ1) is 21.9. The summed E-state index contributed by atoms with van der Waals surface area (Å²) in [5.41, 5.74) is 2.09. The van der Waals surface area contributed by atoms with Crippen molar-refractivity contribution in [3.63, 3.8) is 0 Å². The fraction of sp³-hybridized carbons (Fsp3) is 0.174. The number of hydrogen-bond acceptors (Lipinski definition) is 7. The average molecular weight is 468 g/mol. The second-order valence-corrected chi connectivity index (χ2v) is 8.70. The van der Waals surface area contributed by atoms with E-state index in [1.54, 1.807) is 37.0 Å². The Labute approximate surface area is 193 Å². The van der Waals surface area contributed by atoms with Crippen molar-refractivity contribution < 1.29 is 14.3 Å². The normalized spacial score (nSPS) is 10.8. The molecule has 2 aromatic heterocycles. The Morgan fingerprint density at radius 2 is 1.81 bits per heavy atom. The first-order valence-electron chi connectivity index (χ1n) is 9.75. The Bertz CT molecular complexity index is 1280. The van der Waals surface area contributed by atoms with Gasteiger partial charge in [-0.15, -0.1) is 11.3 Å². The molecule has 4 rings (SSSR count). The number of fused-ring (bicyclic) bond motifs is 1. The van der Waals surface area contributed by atoms with Gasteiger partial charge in [-0.2, -0.15) is 0 Å². The van der Waals surface area contributed by atoms with Crippen molar-refractivity contribution in [3.8, 4) is 11.5 Å². The lowest BCUT2D eigenvalue weighted by atomic mass is 10.2. The van der Waals surface area contributed by atoms with E-state index >= 15 is 0 Å². The number of nitrogens with one attached hydrogen (secondary N) is 1. The van der Waals surface area contributed by atoms with Gasteiger partial charge < -0.3 is 14.8 Å². The summed E-state index contributed by atoms with van der Waals surface area (Å²) in [4.78, 5) is 30.4. The predicted octanol–water partition coefficient (Wildman–Crippen LogP) is 4.25. The second-order valence-electron chi connectivity index (χ2n) is 6.84. The summed E-state index contributed by atoms with van der Waals surface area (Å²) in [5.74, 6) is 1.02. The maximum atomic E-state index is 13.1. The van der Waals surface area contributed by atoms with E-state index < -0.39 is 0 Å². The number of benzene rings is 2. The standard InChI is InChI=1S/C23H21N3O4S2/c1-29-17-10-16(11-18(12-17)30-2)24-20(27)14-32-23-25-19-8-9-31-21(19)22(28)26(23)13-15-6-4-3-5-7-15/h3-12H,13-14H2,1-2H3,(H,24,27). The van der Waals surface area contributed by atoms with Crippen molar-refractivity contribution in [2.24, 2.45) is 0 Å². The zero-order chi connectivity index (χ0) is 22.5. The highest BCUT2D eigenvalue weighted by Crippen LogP contribution is 2.26. The SMILES string of the molecule is COc1cc(NC(=O)CSc2nc3ccsc3c(=O)n2Cc2ccccc2)cc(OC)c1. The van der Waals surface area contributed by atoms with E-state index in [9.17, 15) is 9.59 Å². The van der Waals surface area contributed by atoms with Crippen LogP contribution in [0, 0.1) is 0 Å². The molecule has 1 amide bonds. The number of thioether (sulfide) groups is 1. The number of rotatable bonds is 8. The Hall–Kier alpha value is -3.30. The maximum absolute atomic E-state index is 13.1. The van der Waals surface area contributed by atoms with Crippen molar-refractivity contribution >= 4 is 44.9 Å². The van der Waals surface area contributed by atoms with E-state index in [0.717, 1.165) is 5.56 Å². The molecule has 0 bridgehead atoms. The van der Waals surface area contributed by atoms with E-state index in [-0.39, 0.29) is 17.2 Å². The minimum atomic E-state index is -0.226. The lowest BCUT2D eigenvalue weighted by Gasteiger charge is -2.13. The lowest BCUT2D eigenvalue weighted by molar-refractivity contribution is -0.113. The van der Waals surface area contributed by atoms with Crippen LogP contribution in [0.25, 0.3) is 10.2 Å². The molecule has 0 spiro atoms. The van der Waals surface area contributed by atoms with Gasteiger partial charge in [-0.3, -0.25) is 14.2 Å². The number of thiophene rings is 1. The molecular formula is C23H21N3O4S2. The molecule has 32 heavy (non-hydrogen) atoms. The summed E-state index contributed by atoms with van der Waals surface area (Å²) >= 11 is 2.60. The van der Waals surface area contributed by atoms with Crippen molar-refractivity contribution in [1.82, 2.24) is 9.55 Å². The van der Waals surface area contributed by atoms with Gasteiger partial charge in [-0.05, 0) is 17.0 Å². The van der Waals surface area contributed by atoms with Gasteiger partial charge >= 0.3 is 0 Å². The van der Waals surface area contributed by atoms with Crippen LogP contribution < -0.4 is 20.3 Å². The third-order valence-electron chi connectivity index (χ3n) is 4.68. The summed E-state index contributed by atoms with van der Waals surface area (Å²) in [7, 11) is 3.10. The molecule has 2 aromatic carbocycles. The van der Waals surface area contributed by atoms with Crippen LogP contribution in [0.3, 0.4) is 0 Å². The fourth-order valence-corrected chi connectivity index (χ4v) is 4.72. The fourth-order valence-electron chi connectivity index (χ4n) is 3.15. The number of ether oxygens (including phenoxy) is 2. The molecule has 0 atom stereocenters. The number of methoxy groups -OCH3 is 2. The molecule has 7 nitrogen and oxygen atoms in total. The molecule has 2 heterocycles. The van der Waals surface area contributed by atoms with Crippen LogP contribution in [0.1, 0.15) is 5.56 Å². The van der Waals surface area contributed by atoms with Crippen LogP contribution in [0.2, 0.25) is 0 Å². The van der Waals surface area contributed by atoms with E-state index in [4.69, 9.17) is 9.47 Å². The summed E-state index contributed by atoms with van der Waals surface area (Å²) < 4.78 is 12.7. The molecule has 0 aliphatic carbocycles. The Kier molecular flexibility index (Phi) is 6.77. The molecule has 1 N–H and O–H groups in total. The average Bonchev–Trinajstić information content (AvgIpc) is 3.29. The number of carbonyl (C=O) groups is 1. The van der Waals surface area contributed by atoms with Gasteiger partial charge in [0.05, 0.1) is 32.0 Å². The molecule has 0 unspecified atom stereocenters. The van der Waals surface area contributed by atoms with Crippen LogP contribution in [-0.2, 0) is 11.3 Å². The van der Waals surface area contributed by atoms with E-state index in [1.165, 1.54) is 23.1 Å². The Balaban J connectivity index is 1.55. The zero-order valence-electron chi connectivity index (χ0n) is 17.5. The molecular weight excluding hydrogens is 446 g/mol. The van der Waals surface area contributed by atoms with Gasteiger partial charge in [-0.25, -0.2) is 4.98 Å². The first-order valence-corrected chi connectivity index (χ1v) is 11.6. The summed E-state index contributed by atoms with van der Waals surface area (Å²) in [6.07, 6.45) is 0. The Morgan fingerprint density at radius 1 is 1.09 bits per heavy atom. The summed E-state index contributed by atoms with van der Waals surface area (Å²) in [6, 6.07) is 16.7. The summed E-state index contributed by atoms with van der Waals surface area (Å²) in [6.45, 7) is 0.386. The molecule has 4 aromatic rings. The highest BCUT2D eigenvalue weighted by Gasteiger charge is 2.15. The molecule has 164 valence electrons. The third kappa shape index (κ3) is 4.95. The number of nitrogens with zero attached hydrogens (tertiary/aromatic N) is 2. The summed E-state index contributed by atoms with van der Waals surface area (Å²) in [5, 5.41) is 5.20. The van der Waals surface area contributed by atoms with Crippen molar-refractivity contribution in [2.75, 3.05) is 25.3 Å². The van der Waals surface area contributed by atoms with E-state index in [1.807, 2.05) is 41.8 Å². The van der Waals surface area contributed by atoms with Crippen LogP contribution in [-0.4, -0.2) is 35.4 Å². The smallest absolute Gasteiger partial charge is 0.272 e. The van der Waals surface area contributed by atoms with Crippen LogP contribution >= 0.6 is 23.1 Å². The largest absolute Gasteiger partial charge is 0.497 e. The van der Waals surface area contributed by atoms with Crippen molar-refractivity contribution in [3.05, 3.63) is 75.9 Å². The molecule has 0 saturated carbocycles. The number of amides is 1. The number of anilines is 1. The van der Waals surface area contributed by atoms with E-state index in [2.05, 4.69) is 10.3 Å². The van der Waals surface area contributed by atoms with Gasteiger partial charge in [0.15, 0.2) is 5.16 Å². The molecule has 0 aliphatic heterocycles. The third-order valence-corrected chi connectivity index (χ3v) is 6.55. The minimum absolute atomic E-state index is 0.0936. The number of carbonyl (C=O) groups excluding carboxylic acids is 1. The van der Waals surface area contributed by atoms with Gasteiger partial charge in [0.1, 0.15) is 16.2 Å².